The highest BCUT2D eigenvalue weighted by Crippen LogP contribution is 2.31. The summed E-state index contributed by atoms with van der Waals surface area (Å²) in [6, 6.07) is 15.1. The number of hydrogen-bond donors (Lipinski definition) is 0. The number of aryl methyl sites for hydroxylation is 1. The van der Waals surface area contributed by atoms with Gasteiger partial charge >= 0.3 is 5.69 Å². The number of likely N-dealkylation sites (tertiary alicyclic amines) is 1. The Morgan fingerprint density at radius 2 is 1.74 bits per heavy atom. The maximum absolute atomic E-state index is 13.4. The molecule has 2 aromatic carbocycles. The molecule has 9 heteroatoms. The number of nitrogens with zero attached hydrogens (tertiary/aromatic N) is 5. The van der Waals surface area contributed by atoms with E-state index in [1.807, 2.05) is 30.3 Å². The second kappa shape index (κ2) is 8.89. The van der Waals surface area contributed by atoms with Crippen molar-refractivity contribution in [1.29, 1.82) is 0 Å². The van der Waals surface area contributed by atoms with E-state index in [4.69, 9.17) is 0 Å². The predicted molar refractivity (Wildman–Crippen MR) is 124 cm³/mol. The molecule has 34 heavy (non-hydrogen) atoms. The second-order valence-electron chi connectivity index (χ2n) is 8.94. The number of rotatable bonds is 4. The fourth-order valence-electron chi connectivity index (χ4n) is 4.96. The fourth-order valence-corrected chi connectivity index (χ4v) is 4.96. The molecule has 0 bridgehead atoms. The Kier molecular flexibility index (Phi) is 5.77. The number of benzene rings is 2. The van der Waals surface area contributed by atoms with Gasteiger partial charge in [-0.1, -0.05) is 18.2 Å². The molecule has 0 aliphatic carbocycles. The maximum Gasteiger partial charge on any atom is 0.350 e. The van der Waals surface area contributed by atoms with Crippen molar-refractivity contribution in [2.45, 2.75) is 25.2 Å². The second-order valence-corrected chi connectivity index (χ2v) is 8.94. The first-order chi connectivity index (χ1) is 16.4. The topological polar surface area (TPSA) is 80.4 Å². The number of carbonyl (C=O) groups excluding carboxylic acids is 2. The molecular formula is C25H26FN5O3. The third kappa shape index (κ3) is 4.02. The van der Waals surface area contributed by atoms with Crippen LogP contribution >= 0.6 is 0 Å². The summed E-state index contributed by atoms with van der Waals surface area (Å²) in [6.07, 6.45) is 1.74. The van der Waals surface area contributed by atoms with E-state index in [9.17, 15) is 18.8 Å². The van der Waals surface area contributed by atoms with Crippen molar-refractivity contribution in [1.82, 2.24) is 19.2 Å². The molecule has 2 fully saturated rings. The summed E-state index contributed by atoms with van der Waals surface area (Å²) in [5.74, 6) is -0.459. The van der Waals surface area contributed by atoms with Crippen LogP contribution in [0, 0.1) is 11.7 Å². The number of amides is 2. The van der Waals surface area contributed by atoms with Gasteiger partial charge in [0.1, 0.15) is 11.6 Å². The van der Waals surface area contributed by atoms with E-state index in [0.29, 0.717) is 24.6 Å². The van der Waals surface area contributed by atoms with Gasteiger partial charge in [-0.15, -0.1) is 0 Å². The standard InChI is InChI=1S/C25H26FN5O3/c1-28-25(34)31(21-7-3-2-4-8-21)23(27-28)17-6-5-13-29(15-17)24(33)18-14-22(32)30(16-18)20-11-9-19(26)10-12-20/h2-4,7-12,17-18H,5-6,13-16H2,1H3. The summed E-state index contributed by atoms with van der Waals surface area (Å²) in [5, 5.41) is 4.51. The van der Waals surface area contributed by atoms with Gasteiger partial charge < -0.3 is 9.80 Å². The highest BCUT2D eigenvalue weighted by Gasteiger charge is 2.39. The molecule has 3 aromatic rings. The summed E-state index contributed by atoms with van der Waals surface area (Å²) in [5.41, 5.74) is 1.12. The summed E-state index contributed by atoms with van der Waals surface area (Å²) < 4.78 is 16.2. The zero-order valence-corrected chi connectivity index (χ0v) is 18.9. The molecule has 176 valence electrons. The number of para-hydroxylation sites is 1. The van der Waals surface area contributed by atoms with Gasteiger partial charge in [-0.05, 0) is 49.2 Å². The Morgan fingerprint density at radius 1 is 1.00 bits per heavy atom. The van der Waals surface area contributed by atoms with Gasteiger partial charge in [0, 0.05) is 44.7 Å². The fraction of sp³-hybridized carbons (Fsp3) is 0.360. The lowest BCUT2D eigenvalue weighted by atomic mass is 9.95. The van der Waals surface area contributed by atoms with Gasteiger partial charge in [0.05, 0.1) is 11.6 Å². The molecule has 0 N–H and O–H groups in total. The van der Waals surface area contributed by atoms with Crippen molar-refractivity contribution in [2.75, 3.05) is 24.5 Å². The van der Waals surface area contributed by atoms with Crippen LogP contribution in [0.4, 0.5) is 10.1 Å². The van der Waals surface area contributed by atoms with Gasteiger partial charge in [-0.3, -0.25) is 9.59 Å². The molecule has 2 unspecified atom stereocenters. The summed E-state index contributed by atoms with van der Waals surface area (Å²) in [4.78, 5) is 42.1. The van der Waals surface area contributed by atoms with Crippen LogP contribution in [0.25, 0.3) is 5.69 Å². The number of hydrogen-bond acceptors (Lipinski definition) is 4. The minimum atomic E-state index is -0.448. The van der Waals surface area contributed by atoms with Crippen molar-refractivity contribution in [2.24, 2.45) is 13.0 Å². The van der Waals surface area contributed by atoms with E-state index in [0.717, 1.165) is 18.5 Å². The smallest absolute Gasteiger partial charge is 0.342 e. The molecule has 8 nitrogen and oxygen atoms in total. The molecule has 0 saturated carbocycles. The molecule has 2 aliphatic heterocycles. The minimum Gasteiger partial charge on any atom is -0.342 e. The van der Waals surface area contributed by atoms with Crippen molar-refractivity contribution < 1.29 is 14.0 Å². The van der Waals surface area contributed by atoms with E-state index in [1.54, 1.807) is 33.5 Å². The number of aromatic nitrogens is 3. The zero-order valence-electron chi connectivity index (χ0n) is 18.9. The lowest BCUT2D eigenvalue weighted by Crippen LogP contribution is -2.43. The van der Waals surface area contributed by atoms with Crippen LogP contribution in [0.15, 0.2) is 59.4 Å². The average Bonchev–Trinajstić information content (AvgIpc) is 3.39. The van der Waals surface area contributed by atoms with E-state index >= 15 is 0 Å². The predicted octanol–water partition coefficient (Wildman–Crippen LogP) is 2.47. The van der Waals surface area contributed by atoms with Crippen LogP contribution in [-0.2, 0) is 16.6 Å². The van der Waals surface area contributed by atoms with Crippen LogP contribution in [0.2, 0.25) is 0 Å². The molecule has 2 aliphatic rings. The van der Waals surface area contributed by atoms with Crippen LogP contribution in [0.5, 0.6) is 0 Å². The SMILES string of the molecule is Cn1nc(C2CCCN(C(=O)C3CC(=O)N(c4ccc(F)cc4)C3)C2)n(-c2ccccc2)c1=O. The normalized spacial score (nSPS) is 20.7. The number of piperidine rings is 1. The first-order valence-corrected chi connectivity index (χ1v) is 11.5. The molecule has 3 heterocycles. The number of halogens is 1. The lowest BCUT2D eigenvalue weighted by molar-refractivity contribution is -0.137. The maximum atomic E-state index is 13.4. The summed E-state index contributed by atoms with van der Waals surface area (Å²) in [6.45, 7) is 1.34. The Hall–Kier alpha value is -3.75. The Morgan fingerprint density at radius 3 is 2.47 bits per heavy atom. The van der Waals surface area contributed by atoms with Crippen molar-refractivity contribution in [3.8, 4) is 5.69 Å². The lowest BCUT2D eigenvalue weighted by Gasteiger charge is -2.33. The van der Waals surface area contributed by atoms with Gasteiger partial charge in [0.15, 0.2) is 0 Å². The molecule has 5 rings (SSSR count). The first kappa shape index (κ1) is 22.1. The van der Waals surface area contributed by atoms with Gasteiger partial charge in [0.25, 0.3) is 0 Å². The monoisotopic (exact) mass is 463 g/mol. The molecule has 1 aromatic heterocycles. The molecule has 2 amide bonds. The van der Waals surface area contributed by atoms with Gasteiger partial charge in [-0.2, -0.15) is 5.10 Å². The van der Waals surface area contributed by atoms with Crippen molar-refractivity contribution in [3.05, 3.63) is 76.7 Å². The third-order valence-corrected chi connectivity index (χ3v) is 6.67. The van der Waals surface area contributed by atoms with E-state index in [2.05, 4.69) is 5.10 Å². The highest BCUT2D eigenvalue weighted by atomic mass is 19.1. The number of carbonyl (C=O) groups is 2. The molecule has 0 radical (unpaired) electrons. The van der Waals surface area contributed by atoms with Crippen LogP contribution in [0.3, 0.4) is 0 Å². The first-order valence-electron chi connectivity index (χ1n) is 11.5. The van der Waals surface area contributed by atoms with E-state index in [1.165, 1.54) is 16.8 Å². The highest BCUT2D eigenvalue weighted by molar-refractivity contribution is 6.00. The zero-order chi connectivity index (χ0) is 23.8. The number of anilines is 1. The summed E-state index contributed by atoms with van der Waals surface area (Å²) in [7, 11) is 1.63. The van der Waals surface area contributed by atoms with Crippen LogP contribution in [0.1, 0.15) is 31.0 Å². The van der Waals surface area contributed by atoms with Crippen molar-refractivity contribution >= 4 is 17.5 Å². The average molecular weight is 464 g/mol. The van der Waals surface area contributed by atoms with E-state index < -0.39 is 5.92 Å². The van der Waals surface area contributed by atoms with Crippen molar-refractivity contribution in [3.63, 3.8) is 0 Å². The Balaban J connectivity index is 1.34. The van der Waals surface area contributed by atoms with Crippen LogP contribution in [-0.4, -0.2) is 50.7 Å². The van der Waals surface area contributed by atoms with Gasteiger partial charge in [-0.25, -0.2) is 18.4 Å². The largest absolute Gasteiger partial charge is 0.350 e. The third-order valence-electron chi connectivity index (χ3n) is 6.67. The molecular weight excluding hydrogens is 437 g/mol. The molecule has 2 saturated heterocycles. The van der Waals surface area contributed by atoms with Crippen LogP contribution < -0.4 is 10.6 Å². The minimum absolute atomic E-state index is 0.0628. The molecule has 0 spiro atoms. The Bertz CT molecular complexity index is 1270. The van der Waals surface area contributed by atoms with Gasteiger partial charge in [0.2, 0.25) is 11.8 Å². The summed E-state index contributed by atoms with van der Waals surface area (Å²) >= 11 is 0. The molecule has 2 atom stereocenters. The quantitative estimate of drug-likeness (QED) is 0.596. The van der Waals surface area contributed by atoms with E-state index in [-0.39, 0.29) is 42.2 Å². The Labute approximate surface area is 196 Å².